The van der Waals surface area contributed by atoms with E-state index in [4.69, 9.17) is 4.74 Å². The van der Waals surface area contributed by atoms with Crippen molar-refractivity contribution in [2.75, 3.05) is 7.11 Å². The maximum Gasteiger partial charge on any atom is 0.313 e. The molecule has 1 rings (SSSR count). The highest BCUT2D eigenvalue weighted by Gasteiger charge is 2.20. The Balaban J connectivity index is 3.07. The van der Waals surface area contributed by atoms with Gasteiger partial charge in [0.15, 0.2) is 0 Å². The van der Waals surface area contributed by atoms with Gasteiger partial charge in [-0.2, -0.15) is 0 Å². The Morgan fingerprint density at radius 2 is 2.20 bits per heavy atom. The lowest BCUT2D eigenvalue weighted by atomic mass is 9.92. The summed E-state index contributed by atoms with van der Waals surface area (Å²) in [6, 6.07) is 5.02. The van der Waals surface area contributed by atoms with Gasteiger partial charge in [0.05, 0.1) is 13.0 Å². The molecule has 82 valence electrons. The second-order valence-electron chi connectivity index (χ2n) is 3.52. The molecule has 0 spiro atoms. The fourth-order valence-electron chi connectivity index (χ4n) is 1.71. The summed E-state index contributed by atoms with van der Waals surface area (Å²) in [5.41, 5.74) is 1.83. The zero-order valence-electron chi connectivity index (χ0n) is 9.28. The van der Waals surface area contributed by atoms with E-state index in [-0.39, 0.29) is 17.6 Å². The molecule has 0 radical (unpaired) electrons. The van der Waals surface area contributed by atoms with E-state index in [1.54, 1.807) is 18.2 Å². The van der Waals surface area contributed by atoms with Crippen LogP contribution < -0.4 is 0 Å². The number of phenols is 1. The summed E-state index contributed by atoms with van der Waals surface area (Å²) in [5, 5.41) is 9.27. The van der Waals surface area contributed by atoms with Gasteiger partial charge in [-0.25, -0.2) is 0 Å². The van der Waals surface area contributed by atoms with Crippen LogP contribution in [0.1, 0.15) is 30.4 Å². The van der Waals surface area contributed by atoms with E-state index < -0.39 is 0 Å². The minimum absolute atomic E-state index is 0.218. The minimum Gasteiger partial charge on any atom is -0.508 e. The van der Waals surface area contributed by atoms with Gasteiger partial charge in [-0.15, -0.1) is 0 Å². The molecule has 0 bridgehead atoms. The maximum absolute atomic E-state index is 11.5. The molecule has 1 aromatic rings. The standard InChI is InChI=1S/C12H16O3/c1-4-10(12(14)15-3)11-6-5-9(13)7-8(11)2/h5-7,10,13H,4H2,1-3H3. The average molecular weight is 208 g/mol. The number of ether oxygens (including phenoxy) is 1. The van der Waals surface area contributed by atoms with Crippen LogP contribution in [0.25, 0.3) is 0 Å². The van der Waals surface area contributed by atoms with Crippen LogP contribution in [0.3, 0.4) is 0 Å². The summed E-state index contributed by atoms with van der Waals surface area (Å²) in [6.07, 6.45) is 0.693. The first-order valence-corrected chi connectivity index (χ1v) is 4.97. The maximum atomic E-state index is 11.5. The van der Waals surface area contributed by atoms with Crippen molar-refractivity contribution in [2.45, 2.75) is 26.2 Å². The molecule has 15 heavy (non-hydrogen) atoms. The van der Waals surface area contributed by atoms with Crippen LogP contribution >= 0.6 is 0 Å². The number of benzene rings is 1. The molecule has 0 saturated heterocycles. The number of esters is 1. The number of aryl methyl sites for hydroxylation is 1. The van der Waals surface area contributed by atoms with Gasteiger partial charge in [0.2, 0.25) is 0 Å². The van der Waals surface area contributed by atoms with Crippen LogP contribution in [-0.4, -0.2) is 18.2 Å². The molecule has 3 heteroatoms. The van der Waals surface area contributed by atoms with Gasteiger partial charge in [-0.1, -0.05) is 13.0 Å². The number of aromatic hydroxyl groups is 1. The number of carbonyl (C=O) groups is 1. The van der Waals surface area contributed by atoms with Gasteiger partial charge >= 0.3 is 5.97 Å². The Morgan fingerprint density at radius 3 is 2.67 bits per heavy atom. The number of hydrogen-bond acceptors (Lipinski definition) is 3. The van der Waals surface area contributed by atoms with Crippen LogP contribution in [-0.2, 0) is 9.53 Å². The van der Waals surface area contributed by atoms with Crippen molar-refractivity contribution in [3.8, 4) is 5.75 Å². The van der Waals surface area contributed by atoms with E-state index in [0.29, 0.717) is 6.42 Å². The van der Waals surface area contributed by atoms with Gasteiger partial charge in [-0.3, -0.25) is 4.79 Å². The second-order valence-corrected chi connectivity index (χ2v) is 3.52. The largest absolute Gasteiger partial charge is 0.508 e. The summed E-state index contributed by atoms with van der Waals surface area (Å²) < 4.78 is 4.74. The highest BCUT2D eigenvalue weighted by atomic mass is 16.5. The van der Waals surface area contributed by atoms with Crippen LogP contribution in [0.15, 0.2) is 18.2 Å². The molecule has 0 saturated carbocycles. The summed E-state index contributed by atoms with van der Waals surface area (Å²) >= 11 is 0. The first-order chi connectivity index (χ1) is 7.10. The Bertz CT molecular complexity index is 358. The van der Waals surface area contributed by atoms with Crippen molar-refractivity contribution in [1.82, 2.24) is 0 Å². The third-order valence-electron chi connectivity index (χ3n) is 2.52. The summed E-state index contributed by atoms with van der Waals surface area (Å²) in [7, 11) is 1.39. The van der Waals surface area contributed by atoms with Crippen LogP contribution in [0.5, 0.6) is 5.75 Å². The Kier molecular flexibility index (Phi) is 3.72. The zero-order valence-corrected chi connectivity index (χ0v) is 9.28. The summed E-state index contributed by atoms with van der Waals surface area (Å²) in [6.45, 7) is 3.81. The molecule has 3 nitrogen and oxygen atoms in total. The van der Waals surface area contributed by atoms with Gasteiger partial charge in [0.1, 0.15) is 5.75 Å². The molecule has 1 unspecified atom stereocenters. The van der Waals surface area contributed by atoms with Crippen molar-refractivity contribution < 1.29 is 14.6 Å². The molecule has 0 heterocycles. The van der Waals surface area contributed by atoms with Crippen LogP contribution in [0.2, 0.25) is 0 Å². The van der Waals surface area contributed by atoms with Crippen molar-refractivity contribution in [1.29, 1.82) is 0 Å². The zero-order chi connectivity index (χ0) is 11.4. The summed E-state index contributed by atoms with van der Waals surface area (Å²) in [4.78, 5) is 11.5. The van der Waals surface area contributed by atoms with Crippen molar-refractivity contribution in [3.05, 3.63) is 29.3 Å². The number of phenolic OH excluding ortho intramolecular Hbond substituents is 1. The molecular weight excluding hydrogens is 192 g/mol. The van der Waals surface area contributed by atoms with E-state index in [1.165, 1.54) is 7.11 Å². The monoisotopic (exact) mass is 208 g/mol. The second kappa shape index (κ2) is 4.82. The van der Waals surface area contributed by atoms with Crippen LogP contribution in [0.4, 0.5) is 0 Å². The van der Waals surface area contributed by atoms with E-state index in [0.717, 1.165) is 11.1 Å². The Labute approximate surface area is 89.7 Å². The lowest BCUT2D eigenvalue weighted by molar-refractivity contribution is -0.142. The SMILES string of the molecule is CCC(C(=O)OC)c1ccc(O)cc1C. The normalized spacial score (nSPS) is 12.2. The number of hydrogen-bond donors (Lipinski definition) is 1. The van der Waals surface area contributed by atoms with E-state index in [9.17, 15) is 9.90 Å². The minimum atomic E-state index is -0.240. The topological polar surface area (TPSA) is 46.5 Å². The number of rotatable bonds is 3. The van der Waals surface area contributed by atoms with E-state index in [1.807, 2.05) is 13.8 Å². The molecular formula is C12H16O3. The van der Waals surface area contributed by atoms with Gasteiger partial charge in [0, 0.05) is 0 Å². The first kappa shape index (κ1) is 11.6. The van der Waals surface area contributed by atoms with Gasteiger partial charge in [0.25, 0.3) is 0 Å². The molecule has 1 N–H and O–H groups in total. The van der Waals surface area contributed by atoms with E-state index >= 15 is 0 Å². The fourth-order valence-corrected chi connectivity index (χ4v) is 1.71. The third kappa shape index (κ3) is 2.49. The molecule has 0 fully saturated rings. The van der Waals surface area contributed by atoms with Crippen molar-refractivity contribution >= 4 is 5.97 Å². The average Bonchev–Trinajstić information content (AvgIpc) is 2.21. The lowest BCUT2D eigenvalue weighted by Gasteiger charge is -2.15. The Morgan fingerprint density at radius 1 is 1.53 bits per heavy atom. The number of methoxy groups -OCH3 is 1. The molecule has 0 aromatic heterocycles. The van der Waals surface area contributed by atoms with E-state index in [2.05, 4.69) is 0 Å². The van der Waals surface area contributed by atoms with Crippen LogP contribution in [0, 0.1) is 6.92 Å². The third-order valence-corrected chi connectivity index (χ3v) is 2.52. The first-order valence-electron chi connectivity index (χ1n) is 4.97. The predicted molar refractivity (Wildman–Crippen MR) is 57.9 cm³/mol. The molecule has 1 atom stereocenters. The summed E-state index contributed by atoms with van der Waals surface area (Å²) in [5.74, 6) is -0.252. The molecule has 1 aromatic carbocycles. The molecule has 0 aliphatic rings. The van der Waals surface area contributed by atoms with Crippen molar-refractivity contribution in [2.24, 2.45) is 0 Å². The fraction of sp³-hybridized carbons (Fsp3) is 0.417. The van der Waals surface area contributed by atoms with Crippen molar-refractivity contribution in [3.63, 3.8) is 0 Å². The van der Waals surface area contributed by atoms with Gasteiger partial charge in [-0.05, 0) is 36.6 Å². The smallest absolute Gasteiger partial charge is 0.313 e. The molecule has 0 aliphatic heterocycles. The molecule has 0 aliphatic carbocycles. The predicted octanol–water partition coefficient (Wildman–Crippen LogP) is 2.37. The van der Waals surface area contributed by atoms with Gasteiger partial charge < -0.3 is 9.84 Å². The molecule has 0 amide bonds. The Hall–Kier alpha value is -1.51. The highest BCUT2D eigenvalue weighted by molar-refractivity contribution is 5.78. The quantitative estimate of drug-likeness (QED) is 0.776. The highest BCUT2D eigenvalue weighted by Crippen LogP contribution is 2.26. The lowest BCUT2D eigenvalue weighted by Crippen LogP contribution is -2.14. The number of carbonyl (C=O) groups excluding carboxylic acids is 1.